The van der Waals surface area contributed by atoms with Gasteiger partial charge in [-0.15, -0.1) is 0 Å². The number of phenols is 1. The average Bonchev–Trinajstić information content (AvgIpc) is 2.99. The summed E-state index contributed by atoms with van der Waals surface area (Å²) in [6.45, 7) is 6.75. The molecule has 6 nitrogen and oxygen atoms in total. The highest BCUT2D eigenvalue weighted by atomic mass is 32.1. The summed E-state index contributed by atoms with van der Waals surface area (Å²) in [6.07, 6.45) is 1.65. The van der Waals surface area contributed by atoms with Crippen LogP contribution in [0.1, 0.15) is 37.7 Å². The van der Waals surface area contributed by atoms with E-state index in [0.717, 1.165) is 11.3 Å². The lowest BCUT2D eigenvalue weighted by molar-refractivity contribution is 0.290. The third-order valence-corrected chi connectivity index (χ3v) is 4.29. The molecule has 1 heterocycles. The standard InChI is InChI=1S/C20H22N4O2S/c1-20(2,3)15-6-10-17(11-7-15)26-13-18-22-23-19(27)24(18)21-12-14-4-8-16(25)9-5-14/h4-12,25H,13H2,1-3H3,(H,23,27)/b21-12+. The van der Waals surface area contributed by atoms with Gasteiger partial charge in [0.15, 0.2) is 5.82 Å². The minimum atomic E-state index is 0.101. The molecule has 0 aliphatic rings. The number of nitrogens with one attached hydrogen (secondary N) is 1. The number of nitrogens with zero attached hydrogens (tertiary/aromatic N) is 3. The van der Waals surface area contributed by atoms with Gasteiger partial charge in [-0.1, -0.05) is 32.9 Å². The zero-order chi connectivity index (χ0) is 19.4. The van der Waals surface area contributed by atoms with Gasteiger partial charge in [-0.3, -0.25) is 0 Å². The highest BCUT2D eigenvalue weighted by molar-refractivity contribution is 7.71. The van der Waals surface area contributed by atoms with Gasteiger partial charge in [-0.25, -0.2) is 5.10 Å². The number of rotatable bonds is 5. The van der Waals surface area contributed by atoms with Crippen LogP contribution in [0.3, 0.4) is 0 Å². The third-order valence-electron chi connectivity index (χ3n) is 4.02. The third kappa shape index (κ3) is 4.83. The van der Waals surface area contributed by atoms with Crippen LogP contribution < -0.4 is 4.74 Å². The molecule has 0 atom stereocenters. The van der Waals surface area contributed by atoms with E-state index in [-0.39, 0.29) is 17.8 Å². The molecule has 0 aliphatic carbocycles. The number of H-pyrrole nitrogens is 1. The Morgan fingerprint density at radius 3 is 2.44 bits per heavy atom. The Labute approximate surface area is 163 Å². The molecule has 0 spiro atoms. The molecule has 3 rings (SSSR count). The van der Waals surface area contributed by atoms with Crippen LogP contribution in [0, 0.1) is 4.77 Å². The lowest BCUT2D eigenvalue weighted by Crippen LogP contribution is -2.10. The Bertz CT molecular complexity index is 981. The van der Waals surface area contributed by atoms with Crippen molar-refractivity contribution >= 4 is 18.4 Å². The van der Waals surface area contributed by atoms with Crippen LogP contribution in [0.5, 0.6) is 11.5 Å². The van der Waals surface area contributed by atoms with E-state index in [0.29, 0.717) is 10.6 Å². The number of hydrogen-bond donors (Lipinski definition) is 2. The van der Waals surface area contributed by atoms with E-state index in [4.69, 9.17) is 17.0 Å². The Balaban J connectivity index is 1.71. The average molecular weight is 382 g/mol. The van der Waals surface area contributed by atoms with Crippen molar-refractivity contribution in [2.75, 3.05) is 0 Å². The molecule has 0 radical (unpaired) electrons. The maximum atomic E-state index is 9.34. The first-order valence-corrected chi connectivity index (χ1v) is 8.97. The summed E-state index contributed by atoms with van der Waals surface area (Å²) in [5, 5.41) is 20.6. The summed E-state index contributed by atoms with van der Waals surface area (Å²) < 4.78 is 7.73. The molecule has 0 amide bonds. The van der Waals surface area contributed by atoms with E-state index >= 15 is 0 Å². The molecule has 0 fully saturated rings. The molecular formula is C20H22N4O2S. The fraction of sp³-hybridized carbons (Fsp3) is 0.250. The van der Waals surface area contributed by atoms with Gasteiger partial charge in [0.25, 0.3) is 0 Å². The molecule has 0 saturated carbocycles. The van der Waals surface area contributed by atoms with Crippen molar-refractivity contribution in [1.29, 1.82) is 0 Å². The van der Waals surface area contributed by atoms with E-state index in [9.17, 15) is 5.11 Å². The minimum Gasteiger partial charge on any atom is -0.508 e. The maximum absolute atomic E-state index is 9.34. The second-order valence-corrected chi connectivity index (χ2v) is 7.54. The fourth-order valence-corrected chi connectivity index (χ4v) is 2.62. The van der Waals surface area contributed by atoms with Crippen LogP contribution in [0.2, 0.25) is 0 Å². The Kier molecular flexibility index (Phi) is 5.41. The van der Waals surface area contributed by atoms with Crippen LogP contribution in [0.4, 0.5) is 0 Å². The Morgan fingerprint density at radius 1 is 1.15 bits per heavy atom. The monoisotopic (exact) mass is 382 g/mol. The zero-order valence-corrected chi connectivity index (χ0v) is 16.3. The fourth-order valence-electron chi connectivity index (χ4n) is 2.42. The summed E-state index contributed by atoms with van der Waals surface area (Å²) in [7, 11) is 0. The zero-order valence-electron chi connectivity index (χ0n) is 15.5. The molecule has 0 unspecified atom stereocenters. The van der Waals surface area contributed by atoms with E-state index in [1.54, 1.807) is 30.5 Å². The van der Waals surface area contributed by atoms with Gasteiger partial charge in [-0.05, 0) is 65.2 Å². The van der Waals surface area contributed by atoms with Gasteiger partial charge in [0.05, 0.1) is 6.21 Å². The van der Waals surface area contributed by atoms with Crippen LogP contribution in [0.15, 0.2) is 53.6 Å². The van der Waals surface area contributed by atoms with Gasteiger partial charge in [0.2, 0.25) is 4.77 Å². The van der Waals surface area contributed by atoms with Gasteiger partial charge in [-0.2, -0.15) is 14.9 Å². The van der Waals surface area contributed by atoms with E-state index in [1.807, 2.05) is 12.1 Å². The van der Waals surface area contributed by atoms with Gasteiger partial charge in [0.1, 0.15) is 18.1 Å². The summed E-state index contributed by atoms with van der Waals surface area (Å²) in [5.74, 6) is 1.53. The number of benzene rings is 2. The topological polar surface area (TPSA) is 75.4 Å². The van der Waals surface area contributed by atoms with Crippen molar-refractivity contribution in [2.45, 2.75) is 32.8 Å². The SMILES string of the molecule is CC(C)(C)c1ccc(OCc2n[nH]c(=S)n2/N=C/c2ccc(O)cc2)cc1. The maximum Gasteiger partial charge on any atom is 0.216 e. The van der Waals surface area contributed by atoms with E-state index in [2.05, 4.69) is 48.2 Å². The van der Waals surface area contributed by atoms with Crippen molar-refractivity contribution < 1.29 is 9.84 Å². The predicted molar refractivity (Wildman–Crippen MR) is 108 cm³/mol. The van der Waals surface area contributed by atoms with Crippen molar-refractivity contribution in [3.63, 3.8) is 0 Å². The molecule has 1 aromatic heterocycles. The van der Waals surface area contributed by atoms with Crippen molar-refractivity contribution in [3.05, 3.63) is 70.3 Å². The molecule has 27 heavy (non-hydrogen) atoms. The van der Waals surface area contributed by atoms with Crippen molar-refractivity contribution in [1.82, 2.24) is 14.9 Å². The Morgan fingerprint density at radius 2 is 1.81 bits per heavy atom. The molecule has 0 aliphatic heterocycles. The molecule has 0 bridgehead atoms. The van der Waals surface area contributed by atoms with E-state index < -0.39 is 0 Å². The first kappa shape index (κ1) is 18.8. The molecule has 3 aromatic rings. The number of ether oxygens (including phenoxy) is 1. The van der Waals surface area contributed by atoms with Crippen LogP contribution in [-0.2, 0) is 12.0 Å². The van der Waals surface area contributed by atoms with Crippen molar-refractivity contribution in [3.8, 4) is 11.5 Å². The van der Waals surface area contributed by atoms with E-state index in [1.165, 1.54) is 10.2 Å². The first-order valence-electron chi connectivity index (χ1n) is 8.56. The Hall–Kier alpha value is -2.93. The second-order valence-electron chi connectivity index (χ2n) is 7.16. The quantitative estimate of drug-likeness (QED) is 0.506. The summed E-state index contributed by atoms with van der Waals surface area (Å²) in [4.78, 5) is 0. The highest BCUT2D eigenvalue weighted by Crippen LogP contribution is 2.24. The number of aromatic nitrogens is 3. The number of phenolic OH excluding ortho intramolecular Hbond substituents is 1. The van der Waals surface area contributed by atoms with Crippen LogP contribution in [0.25, 0.3) is 0 Å². The van der Waals surface area contributed by atoms with Crippen LogP contribution in [-0.4, -0.2) is 26.2 Å². The minimum absolute atomic E-state index is 0.101. The molecule has 7 heteroatoms. The lowest BCUT2D eigenvalue weighted by Gasteiger charge is -2.19. The summed E-state index contributed by atoms with van der Waals surface area (Å²) in [5.41, 5.74) is 2.18. The van der Waals surface area contributed by atoms with Gasteiger partial charge in [0, 0.05) is 0 Å². The molecule has 2 N–H and O–H groups in total. The second kappa shape index (κ2) is 7.75. The van der Waals surface area contributed by atoms with Gasteiger partial charge < -0.3 is 9.84 Å². The molecular weight excluding hydrogens is 360 g/mol. The molecule has 2 aromatic carbocycles. The first-order chi connectivity index (χ1) is 12.8. The highest BCUT2D eigenvalue weighted by Gasteiger charge is 2.13. The largest absolute Gasteiger partial charge is 0.508 e. The number of hydrogen-bond acceptors (Lipinski definition) is 5. The molecule has 0 saturated heterocycles. The molecule has 140 valence electrons. The van der Waals surface area contributed by atoms with Crippen LogP contribution >= 0.6 is 12.2 Å². The number of aromatic amines is 1. The van der Waals surface area contributed by atoms with Gasteiger partial charge >= 0.3 is 0 Å². The normalized spacial score (nSPS) is 11.8. The lowest BCUT2D eigenvalue weighted by atomic mass is 9.87. The predicted octanol–water partition coefficient (Wildman–Crippen LogP) is 4.40. The number of aromatic hydroxyl groups is 1. The smallest absolute Gasteiger partial charge is 0.216 e. The van der Waals surface area contributed by atoms with Crippen molar-refractivity contribution in [2.24, 2.45) is 5.10 Å². The summed E-state index contributed by atoms with van der Waals surface area (Å²) >= 11 is 5.23. The summed E-state index contributed by atoms with van der Waals surface area (Å²) in [6, 6.07) is 14.7.